The van der Waals surface area contributed by atoms with E-state index < -0.39 is 0 Å². The second-order valence-corrected chi connectivity index (χ2v) is 9.56. The lowest BCUT2D eigenvalue weighted by Crippen LogP contribution is -2.18. The standard InChI is InChI=1S/C20H24BrN3O2/c1-19(2,3)12-10-13(20(4,5)6)18(26)16(17(12)25)24-22-14-8-7-11(21)9-15(14)23-24/h7-10,25-26H,1-6H3. The maximum atomic E-state index is 11.0. The van der Waals surface area contributed by atoms with E-state index in [1.807, 2.05) is 65.8 Å². The van der Waals surface area contributed by atoms with Crippen LogP contribution in [-0.2, 0) is 10.8 Å². The fourth-order valence-electron chi connectivity index (χ4n) is 2.97. The Morgan fingerprint density at radius 1 is 0.808 bits per heavy atom. The minimum Gasteiger partial charge on any atom is -0.505 e. The largest absolute Gasteiger partial charge is 0.505 e. The van der Waals surface area contributed by atoms with Gasteiger partial charge in [0.1, 0.15) is 11.0 Å². The maximum Gasteiger partial charge on any atom is 0.169 e. The average Bonchev–Trinajstić information content (AvgIpc) is 2.86. The van der Waals surface area contributed by atoms with Gasteiger partial charge in [0.15, 0.2) is 17.2 Å². The Balaban J connectivity index is 2.37. The number of rotatable bonds is 1. The molecule has 2 N–H and O–H groups in total. The Morgan fingerprint density at radius 2 is 1.31 bits per heavy atom. The number of phenolic OH excluding ortho intramolecular Hbond substituents is 2. The van der Waals surface area contributed by atoms with Crippen molar-refractivity contribution < 1.29 is 10.2 Å². The highest BCUT2D eigenvalue weighted by atomic mass is 79.9. The zero-order valence-corrected chi connectivity index (χ0v) is 17.5. The minimum atomic E-state index is -0.303. The maximum absolute atomic E-state index is 11.0. The van der Waals surface area contributed by atoms with Crippen molar-refractivity contribution in [2.45, 2.75) is 52.4 Å². The normalized spacial score (nSPS) is 12.7. The zero-order valence-electron chi connectivity index (χ0n) is 15.9. The number of hydrogen-bond donors (Lipinski definition) is 2. The van der Waals surface area contributed by atoms with Gasteiger partial charge >= 0.3 is 0 Å². The van der Waals surface area contributed by atoms with E-state index in [0.29, 0.717) is 11.0 Å². The quantitative estimate of drug-likeness (QED) is 0.571. The van der Waals surface area contributed by atoms with Gasteiger partial charge in [0, 0.05) is 15.6 Å². The molecule has 6 heteroatoms. The van der Waals surface area contributed by atoms with Crippen LogP contribution >= 0.6 is 15.9 Å². The van der Waals surface area contributed by atoms with Crippen LogP contribution in [0.1, 0.15) is 52.7 Å². The van der Waals surface area contributed by atoms with E-state index >= 15 is 0 Å². The van der Waals surface area contributed by atoms with Gasteiger partial charge in [-0.2, -0.15) is 0 Å². The first kappa shape index (κ1) is 18.7. The number of nitrogens with zero attached hydrogens (tertiary/aromatic N) is 3. The van der Waals surface area contributed by atoms with Crippen molar-refractivity contribution in [3.63, 3.8) is 0 Å². The molecule has 0 radical (unpaired) electrons. The summed E-state index contributed by atoms with van der Waals surface area (Å²) in [6, 6.07) is 7.46. The van der Waals surface area contributed by atoms with E-state index in [1.54, 1.807) is 0 Å². The Bertz CT molecular complexity index is 957. The van der Waals surface area contributed by atoms with E-state index in [2.05, 4.69) is 26.1 Å². The lowest BCUT2D eigenvalue weighted by Gasteiger charge is -2.28. The molecule has 5 nitrogen and oxygen atoms in total. The van der Waals surface area contributed by atoms with Crippen LogP contribution in [0, 0.1) is 0 Å². The number of halogens is 1. The van der Waals surface area contributed by atoms with Gasteiger partial charge in [-0.05, 0) is 35.1 Å². The average molecular weight is 418 g/mol. The summed E-state index contributed by atoms with van der Waals surface area (Å²) >= 11 is 3.43. The number of fused-ring (bicyclic) bond motifs is 1. The molecule has 0 aliphatic heterocycles. The third-order valence-electron chi connectivity index (χ3n) is 4.41. The highest BCUT2D eigenvalue weighted by molar-refractivity contribution is 9.10. The Kier molecular flexibility index (Phi) is 4.30. The summed E-state index contributed by atoms with van der Waals surface area (Å²) in [5.41, 5.74) is 2.47. The molecule has 0 saturated heterocycles. The van der Waals surface area contributed by atoms with Gasteiger partial charge in [0.25, 0.3) is 0 Å². The summed E-state index contributed by atoms with van der Waals surface area (Å²) in [6.07, 6.45) is 0. The van der Waals surface area contributed by atoms with Gasteiger partial charge in [-0.25, -0.2) is 0 Å². The lowest BCUT2D eigenvalue weighted by atomic mass is 9.79. The second-order valence-electron chi connectivity index (χ2n) is 8.64. The molecule has 0 aliphatic carbocycles. The Hall–Kier alpha value is -2.08. The number of hydrogen-bond acceptors (Lipinski definition) is 4. The molecule has 0 unspecified atom stereocenters. The van der Waals surface area contributed by atoms with E-state index in [9.17, 15) is 10.2 Å². The van der Waals surface area contributed by atoms with Crippen molar-refractivity contribution in [2.24, 2.45) is 0 Å². The molecule has 0 bridgehead atoms. The third-order valence-corrected chi connectivity index (χ3v) is 4.90. The van der Waals surface area contributed by atoms with Crippen LogP contribution in [0.4, 0.5) is 0 Å². The van der Waals surface area contributed by atoms with Crippen molar-refractivity contribution in [1.29, 1.82) is 0 Å². The topological polar surface area (TPSA) is 71.2 Å². The summed E-state index contributed by atoms with van der Waals surface area (Å²) < 4.78 is 0.893. The molecule has 3 aromatic rings. The smallest absolute Gasteiger partial charge is 0.169 e. The second kappa shape index (κ2) is 5.98. The molecule has 1 heterocycles. The SMILES string of the molecule is CC(C)(C)c1cc(C(C)(C)C)c(O)c(-n2nc3ccc(Br)cc3n2)c1O. The fraction of sp³-hybridized carbons (Fsp3) is 0.400. The minimum absolute atomic E-state index is 0.00220. The van der Waals surface area contributed by atoms with Crippen LogP contribution in [0.2, 0.25) is 0 Å². The first-order valence-electron chi connectivity index (χ1n) is 8.52. The molecule has 0 fully saturated rings. The van der Waals surface area contributed by atoms with E-state index in [0.717, 1.165) is 15.6 Å². The monoisotopic (exact) mass is 417 g/mol. The molecule has 0 atom stereocenters. The van der Waals surface area contributed by atoms with Crippen LogP contribution in [-0.4, -0.2) is 25.2 Å². The van der Waals surface area contributed by atoms with Gasteiger partial charge in [0.05, 0.1) is 0 Å². The molecule has 0 amide bonds. The van der Waals surface area contributed by atoms with Crippen LogP contribution < -0.4 is 0 Å². The van der Waals surface area contributed by atoms with Crippen molar-refractivity contribution in [2.75, 3.05) is 0 Å². The van der Waals surface area contributed by atoms with E-state index in [1.165, 1.54) is 4.80 Å². The fourth-order valence-corrected chi connectivity index (χ4v) is 3.32. The summed E-state index contributed by atoms with van der Waals surface area (Å²) in [5.74, 6) is 0.00439. The molecule has 0 aliphatic rings. The first-order chi connectivity index (χ1) is 11.9. The van der Waals surface area contributed by atoms with Crippen LogP contribution in [0.3, 0.4) is 0 Å². The van der Waals surface area contributed by atoms with Crippen molar-refractivity contribution >= 4 is 27.0 Å². The summed E-state index contributed by atoms with van der Waals surface area (Å²) in [5, 5.41) is 30.8. The molecule has 0 spiro atoms. The molecule has 0 saturated carbocycles. The lowest BCUT2D eigenvalue weighted by molar-refractivity contribution is 0.408. The molecule has 26 heavy (non-hydrogen) atoms. The predicted molar refractivity (Wildman–Crippen MR) is 107 cm³/mol. The third kappa shape index (κ3) is 3.18. The van der Waals surface area contributed by atoms with Gasteiger partial charge in [-0.3, -0.25) is 0 Å². The van der Waals surface area contributed by atoms with Crippen LogP contribution in [0.15, 0.2) is 28.7 Å². The molecule has 2 aromatic carbocycles. The summed E-state index contributed by atoms with van der Waals surface area (Å²) in [4.78, 5) is 1.33. The van der Waals surface area contributed by atoms with Crippen molar-refractivity contribution in [1.82, 2.24) is 15.0 Å². The molecular weight excluding hydrogens is 394 g/mol. The van der Waals surface area contributed by atoms with Gasteiger partial charge in [0.2, 0.25) is 0 Å². The van der Waals surface area contributed by atoms with Gasteiger partial charge in [-0.15, -0.1) is 15.0 Å². The number of aromatic nitrogens is 3. The predicted octanol–water partition coefficient (Wildman–Crippen LogP) is 5.19. The van der Waals surface area contributed by atoms with Crippen molar-refractivity contribution in [3.05, 3.63) is 39.9 Å². The Morgan fingerprint density at radius 3 is 1.81 bits per heavy atom. The van der Waals surface area contributed by atoms with Crippen LogP contribution in [0.5, 0.6) is 11.5 Å². The molecule has 3 rings (SSSR count). The zero-order chi connectivity index (χ0) is 19.4. The van der Waals surface area contributed by atoms with E-state index in [-0.39, 0.29) is 28.0 Å². The van der Waals surface area contributed by atoms with Gasteiger partial charge in [-0.1, -0.05) is 57.5 Å². The first-order valence-corrected chi connectivity index (χ1v) is 9.32. The Labute approximate surface area is 161 Å². The molecule has 1 aromatic heterocycles. The molecular formula is C20H24BrN3O2. The van der Waals surface area contributed by atoms with Crippen LogP contribution in [0.25, 0.3) is 16.7 Å². The van der Waals surface area contributed by atoms with Gasteiger partial charge < -0.3 is 10.2 Å². The van der Waals surface area contributed by atoms with E-state index in [4.69, 9.17) is 0 Å². The molecule has 138 valence electrons. The number of aromatic hydroxyl groups is 2. The number of benzene rings is 2. The summed E-state index contributed by atoms with van der Waals surface area (Å²) in [6.45, 7) is 12.2. The highest BCUT2D eigenvalue weighted by Gasteiger charge is 2.30. The highest BCUT2D eigenvalue weighted by Crippen LogP contribution is 2.45. The number of phenols is 2. The summed E-state index contributed by atoms with van der Waals surface area (Å²) in [7, 11) is 0. The van der Waals surface area contributed by atoms with Crippen molar-refractivity contribution in [3.8, 4) is 17.2 Å².